The van der Waals surface area contributed by atoms with E-state index in [1.165, 1.54) is 0 Å². The van der Waals surface area contributed by atoms with Crippen LogP contribution in [-0.4, -0.2) is 12.8 Å². The molecule has 0 saturated carbocycles. The standard InChI is InChI=1S/C10H13N3/c1-13-10(12)7-9(11)8-5-3-2-4-6-8/h2-7,11,13H,12H2,1H3/b10-7-,11-9?. The molecule has 1 aromatic carbocycles. The van der Waals surface area contributed by atoms with Gasteiger partial charge in [0.1, 0.15) is 0 Å². The third-order valence-electron chi connectivity index (χ3n) is 1.67. The summed E-state index contributed by atoms with van der Waals surface area (Å²) in [5.74, 6) is 0.494. The first-order valence-corrected chi connectivity index (χ1v) is 4.03. The van der Waals surface area contributed by atoms with E-state index in [1.54, 1.807) is 13.1 Å². The molecule has 0 spiro atoms. The van der Waals surface area contributed by atoms with Crippen LogP contribution in [0.25, 0.3) is 0 Å². The maximum Gasteiger partial charge on any atom is 0.0979 e. The Hall–Kier alpha value is -1.77. The third-order valence-corrected chi connectivity index (χ3v) is 1.67. The first-order valence-electron chi connectivity index (χ1n) is 4.03. The minimum absolute atomic E-state index is 0.410. The Balaban J connectivity index is 2.81. The van der Waals surface area contributed by atoms with Crippen molar-refractivity contribution in [3.63, 3.8) is 0 Å². The quantitative estimate of drug-likeness (QED) is 0.602. The molecule has 1 rings (SSSR count). The van der Waals surface area contributed by atoms with Crippen molar-refractivity contribution in [2.24, 2.45) is 5.73 Å². The van der Waals surface area contributed by atoms with Crippen LogP contribution >= 0.6 is 0 Å². The minimum Gasteiger partial charge on any atom is -0.385 e. The third kappa shape index (κ3) is 2.63. The second-order valence-corrected chi connectivity index (χ2v) is 2.63. The molecule has 0 aliphatic rings. The summed E-state index contributed by atoms with van der Waals surface area (Å²) in [6, 6.07) is 9.46. The van der Waals surface area contributed by atoms with E-state index in [1.807, 2.05) is 30.3 Å². The molecule has 3 nitrogen and oxygen atoms in total. The highest BCUT2D eigenvalue weighted by Crippen LogP contribution is 2.00. The molecule has 0 saturated heterocycles. The van der Waals surface area contributed by atoms with Gasteiger partial charge in [0.2, 0.25) is 0 Å². The molecular formula is C10H13N3. The second-order valence-electron chi connectivity index (χ2n) is 2.63. The SMILES string of the molecule is CN/C(N)=C\C(=N)c1ccccc1. The molecule has 0 bridgehead atoms. The van der Waals surface area contributed by atoms with Gasteiger partial charge in [0.25, 0.3) is 0 Å². The Morgan fingerprint density at radius 1 is 1.38 bits per heavy atom. The lowest BCUT2D eigenvalue weighted by Crippen LogP contribution is -2.16. The van der Waals surface area contributed by atoms with E-state index in [0.717, 1.165) is 5.56 Å². The molecule has 0 atom stereocenters. The average Bonchev–Trinajstić information content (AvgIpc) is 2.19. The number of allylic oxidation sites excluding steroid dienone is 1. The van der Waals surface area contributed by atoms with Crippen LogP contribution in [0.3, 0.4) is 0 Å². The summed E-state index contributed by atoms with van der Waals surface area (Å²) < 4.78 is 0. The van der Waals surface area contributed by atoms with Gasteiger partial charge in [-0.3, -0.25) is 0 Å². The molecule has 0 unspecified atom stereocenters. The highest BCUT2D eigenvalue weighted by molar-refractivity contribution is 6.06. The molecule has 68 valence electrons. The molecule has 0 fully saturated rings. The van der Waals surface area contributed by atoms with Gasteiger partial charge in [-0.1, -0.05) is 30.3 Å². The molecule has 0 aliphatic heterocycles. The van der Waals surface area contributed by atoms with E-state index in [0.29, 0.717) is 11.5 Å². The molecule has 0 amide bonds. The minimum atomic E-state index is 0.410. The van der Waals surface area contributed by atoms with E-state index < -0.39 is 0 Å². The summed E-state index contributed by atoms with van der Waals surface area (Å²) in [4.78, 5) is 0. The number of rotatable bonds is 3. The van der Waals surface area contributed by atoms with Crippen LogP contribution in [0.15, 0.2) is 42.2 Å². The fraction of sp³-hybridized carbons (Fsp3) is 0.100. The largest absolute Gasteiger partial charge is 0.385 e. The maximum atomic E-state index is 7.67. The van der Waals surface area contributed by atoms with Gasteiger partial charge in [-0.05, 0) is 5.56 Å². The molecule has 3 heteroatoms. The van der Waals surface area contributed by atoms with Crippen molar-refractivity contribution >= 4 is 5.71 Å². The highest BCUT2D eigenvalue weighted by Gasteiger charge is 1.96. The number of hydrogen-bond donors (Lipinski definition) is 3. The van der Waals surface area contributed by atoms with Gasteiger partial charge < -0.3 is 16.5 Å². The Bertz CT molecular complexity index is 314. The van der Waals surface area contributed by atoms with Crippen LogP contribution in [0.2, 0.25) is 0 Å². The van der Waals surface area contributed by atoms with Crippen LogP contribution in [0.4, 0.5) is 0 Å². The van der Waals surface area contributed by atoms with Crippen LogP contribution in [0, 0.1) is 5.41 Å². The van der Waals surface area contributed by atoms with Crippen molar-refractivity contribution in [1.29, 1.82) is 5.41 Å². The zero-order valence-corrected chi connectivity index (χ0v) is 7.54. The number of benzene rings is 1. The van der Waals surface area contributed by atoms with Crippen LogP contribution < -0.4 is 11.1 Å². The van der Waals surface area contributed by atoms with Crippen molar-refractivity contribution in [2.45, 2.75) is 0 Å². The summed E-state index contributed by atoms with van der Waals surface area (Å²) in [5.41, 5.74) is 6.79. The van der Waals surface area contributed by atoms with Crippen molar-refractivity contribution in [3.05, 3.63) is 47.8 Å². The van der Waals surface area contributed by atoms with Crippen LogP contribution in [-0.2, 0) is 0 Å². The number of hydrogen-bond acceptors (Lipinski definition) is 3. The van der Waals surface area contributed by atoms with Gasteiger partial charge >= 0.3 is 0 Å². The second kappa shape index (κ2) is 4.30. The molecule has 0 aromatic heterocycles. The molecule has 0 radical (unpaired) electrons. The Labute approximate surface area is 77.8 Å². The van der Waals surface area contributed by atoms with Gasteiger partial charge in [-0.2, -0.15) is 0 Å². The fourth-order valence-electron chi connectivity index (χ4n) is 0.929. The van der Waals surface area contributed by atoms with Crippen molar-refractivity contribution in [1.82, 2.24) is 5.32 Å². The summed E-state index contributed by atoms with van der Waals surface area (Å²) in [5, 5.41) is 10.4. The van der Waals surface area contributed by atoms with E-state index in [2.05, 4.69) is 5.32 Å². The van der Waals surface area contributed by atoms with Crippen LogP contribution in [0.5, 0.6) is 0 Å². The van der Waals surface area contributed by atoms with E-state index in [-0.39, 0.29) is 0 Å². The molecule has 0 aliphatic carbocycles. The lowest BCUT2D eigenvalue weighted by atomic mass is 10.1. The first kappa shape index (κ1) is 9.32. The van der Waals surface area contributed by atoms with Gasteiger partial charge in [-0.25, -0.2) is 0 Å². The summed E-state index contributed by atoms with van der Waals surface area (Å²) in [7, 11) is 1.73. The van der Waals surface area contributed by atoms with Gasteiger partial charge in [0.05, 0.1) is 11.5 Å². The normalized spacial score (nSPS) is 11.0. The lowest BCUT2D eigenvalue weighted by Gasteiger charge is -2.01. The zero-order valence-electron chi connectivity index (χ0n) is 7.54. The fourth-order valence-corrected chi connectivity index (χ4v) is 0.929. The topological polar surface area (TPSA) is 61.9 Å². The predicted octanol–water partition coefficient (Wildman–Crippen LogP) is 1.07. The first-order chi connectivity index (χ1) is 6.24. The molecule has 1 aromatic rings. The van der Waals surface area contributed by atoms with Gasteiger partial charge in [0, 0.05) is 13.1 Å². The van der Waals surface area contributed by atoms with E-state index in [4.69, 9.17) is 11.1 Å². The maximum absolute atomic E-state index is 7.67. The Morgan fingerprint density at radius 3 is 2.54 bits per heavy atom. The number of nitrogens with one attached hydrogen (secondary N) is 2. The smallest absolute Gasteiger partial charge is 0.0979 e. The average molecular weight is 175 g/mol. The van der Waals surface area contributed by atoms with Crippen molar-refractivity contribution in [2.75, 3.05) is 7.05 Å². The lowest BCUT2D eigenvalue weighted by molar-refractivity contribution is 0.967. The van der Waals surface area contributed by atoms with E-state index in [9.17, 15) is 0 Å². The monoisotopic (exact) mass is 175 g/mol. The number of nitrogens with two attached hydrogens (primary N) is 1. The molecule has 13 heavy (non-hydrogen) atoms. The molecule has 0 heterocycles. The Kier molecular flexibility index (Phi) is 3.09. The van der Waals surface area contributed by atoms with Crippen molar-refractivity contribution in [3.8, 4) is 0 Å². The summed E-state index contributed by atoms with van der Waals surface area (Å²) in [6.45, 7) is 0. The Morgan fingerprint density at radius 2 is 2.00 bits per heavy atom. The van der Waals surface area contributed by atoms with E-state index >= 15 is 0 Å². The predicted molar refractivity (Wildman–Crippen MR) is 54.6 cm³/mol. The summed E-state index contributed by atoms with van der Waals surface area (Å²) in [6.07, 6.45) is 1.59. The summed E-state index contributed by atoms with van der Waals surface area (Å²) >= 11 is 0. The molecule has 4 N–H and O–H groups in total. The molecular weight excluding hydrogens is 162 g/mol. The van der Waals surface area contributed by atoms with Crippen molar-refractivity contribution < 1.29 is 0 Å². The van der Waals surface area contributed by atoms with Gasteiger partial charge in [0.15, 0.2) is 0 Å². The highest BCUT2D eigenvalue weighted by atomic mass is 14.9. The van der Waals surface area contributed by atoms with Gasteiger partial charge in [-0.15, -0.1) is 0 Å². The zero-order chi connectivity index (χ0) is 9.68. The van der Waals surface area contributed by atoms with Crippen LogP contribution in [0.1, 0.15) is 5.56 Å².